The molecule has 3 aromatic carbocycles. The first-order chi connectivity index (χ1) is 24.3. The molecule has 2 aromatic heterocycles. The highest BCUT2D eigenvalue weighted by atomic mass is 32.2. The fourth-order valence-corrected chi connectivity index (χ4v) is 6.69. The van der Waals surface area contributed by atoms with Crippen molar-refractivity contribution in [3.05, 3.63) is 96.2 Å². The summed E-state index contributed by atoms with van der Waals surface area (Å²) in [4.78, 5) is 56.8. The van der Waals surface area contributed by atoms with Gasteiger partial charge in [0, 0.05) is 10.3 Å². The lowest BCUT2D eigenvalue weighted by Gasteiger charge is -2.30. The Balaban J connectivity index is 1.14. The van der Waals surface area contributed by atoms with Crippen LogP contribution in [0, 0.1) is 0 Å². The summed E-state index contributed by atoms with van der Waals surface area (Å²) in [5, 5.41) is 20.7. The number of nitrogens with zero attached hydrogens (tertiary/aromatic N) is 3. The van der Waals surface area contributed by atoms with Gasteiger partial charge in [0.05, 0.1) is 55.0 Å². The van der Waals surface area contributed by atoms with Crippen molar-refractivity contribution in [3.8, 4) is 0 Å². The second-order valence-corrected chi connectivity index (χ2v) is 13.1. The average Bonchev–Trinajstić information content (AvgIpc) is 3.79. The van der Waals surface area contributed by atoms with Crippen LogP contribution in [-0.4, -0.2) is 80.9 Å². The van der Waals surface area contributed by atoms with Gasteiger partial charge in [-0.15, -0.1) is 4.47 Å². The van der Waals surface area contributed by atoms with E-state index in [4.69, 9.17) is 4.84 Å². The van der Waals surface area contributed by atoms with Gasteiger partial charge in [0.25, 0.3) is 5.91 Å². The molecule has 5 aromatic rings. The molecular weight excluding hydrogens is 659 g/mol. The van der Waals surface area contributed by atoms with Crippen LogP contribution in [-0.2, 0) is 20.8 Å². The number of carbonyl (C=O) groups excluding carboxylic acids is 3. The normalized spacial score (nSPS) is 14.5. The average molecular weight is 698 g/mol. The lowest BCUT2D eigenvalue weighted by atomic mass is 10.0. The second kappa shape index (κ2) is 16.6. The number of aromatic nitrogens is 3. The number of hydrogen-bond donors (Lipinski definition) is 5. The Kier molecular flexibility index (Phi) is 11.6. The van der Waals surface area contributed by atoms with Crippen LogP contribution in [0.2, 0.25) is 0 Å². The maximum absolute atomic E-state index is 13.2. The van der Waals surface area contributed by atoms with Gasteiger partial charge in [-0.2, -0.15) is 0 Å². The van der Waals surface area contributed by atoms with Crippen LogP contribution < -0.4 is 16.0 Å². The molecule has 2 heterocycles. The van der Waals surface area contributed by atoms with E-state index in [1.807, 2.05) is 78.9 Å². The Morgan fingerprint density at radius 2 is 1.76 bits per heavy atom. The van der Waals surface area contributed by atoms with E-state index < -0.39 is 30.1 Å². The topological polar surface area (TPSA) is 171 Å². The predicted octanol–water partition coefficient (Wildman–Crippen LogP) is 4.99. The SMILES string of the molecule is COC(=O)Nc1nc2ccc(SN(C[C@@H](O)C(Cc3ccccc3)NC(=O)CNC(=O)c3ccc4ccccc4n3)OC3CCCC3)cc2[nH]1. The smallest absolute Gasteiger partial charge is 0.413 e. The molecule has 3 amide bonds. The van der Waals surface area contributed by atoms with E-state index >= 15 is 0 Å². The Hall–Kier alpha value is -5.02. The van der Waals surface area contributed by atoms with Gasteiger partial charge in [-0.25, -0.2) is 14.8 Å². The van der Waals surface area contributed by atoms with E-state index in [1.165, 1.54) is 19.1 Å². The molecule has 1 unspecified atom stereocenters. The number of hydroxylamine groups is 1. The minimum absolute atomic E-state index is 0.00235. The van der Waals surface area contributed by atoms with Gasteiger partial charge in [0.2, 0.25) is 11.9 Å². The molecule has 0 bridgehead atoms. The molecule has 14 heteroatoms. The lowest BCUT2D eigenvalue weighted by Crippen LogP contribution is -2.51. The van der Waals surface area contributed by atoms with Crippen molar-refractivity contribution in [3.63, 3.8) is 0 Å². The number of para-hydroxylation sites is 1. The number of aliphatic hydroxyl groups excluding tert-OH is 1. The number of anilines is 1. The van der Waals surface area contributed by atoms with Gasteiger partial charge in [-0.1, -0.05) is 67.4 Å². The molecule has 50 heavy (non-hydrogen) atoms. The van der Waals surface area contributed by atoms with Crippen LogP contribution in [0.3, 0.4) is 0 Å². The van der Waals surface area contributed by atoms with Crippen LogP contribution >= 0.6 is 11.9 Å². The second-order valence-electron chi connectivity index (χ2n) is 12.0. The monoisotopic (exact) mass is 697 g/mol. The number of nitrogens with one attached hydrogen (secondary N) is 4. The van der Waals surface area contributed by atoms with Crippen molar-refractivity contribution in [2.45, 2.75) is 55.2 Å². The quantitative estimate of drug-likeness (QED) is 0.0787. The van der Waals surface area contributed by atoms with E-state index in [2.05, 4.69) is 35.6 Å². The van der Waals surface area contributed by atoms with Crippen molar-refractivity contribution in [2.75, 3.05) is 25.5 Å². The third-order valence-corrected chi connectivity index (χ3v) is 9.22. The zero-order valence-electron chi connectivity index (χ0n) is 27.5. The molecule has 0 aliphatic heterocycles. The number of hydrogen-bond acceptors (Lipinski definition) is 10. The summed E-state index contributed by atoms with van der Waals surface area (Å²) in [6, 6.07) is 25.4. The largest absolute Gasteiger partial charge is 0.453 e. The van der Waals surface area contributed by atoms with Crippen LogP contribution in [0.15, 0.2) is 89.8 Å². The number of pyridine rings is 1. The fraction of sp³-hybridized carbons (Fsp3) is 0.306. The molecule has 6 rings (SSSR count). The maximum atomic E-state index is 13.2. The fourth-order valence-electron chi connectivity index (χ4n) is 5.76. The molecule has 1 fully saturated rings. The number of fused-ring (bicyclic) bond motifs is 2. The van der Waals surface area contributed by atoms with Crippen molar-refractivity contribution >= 4 is 57.7 Å². The summed E-state index contributed by atoms with van der Waals surface area (Å²) in [6.07, 6.45) is 2.62. The molecule has 1 aliphatic rings. The van der Waals surface area contributed by atoms with Crippen molar-refractivity contribution in [1.82, 2.24) is 30.1 Å². The zero-order chi connectivity index (χ0) is 34.9. The summed E-state index contributed by atoms with van der Waals surface area (Å²) in [6.45, 7) is -0.220. The first-order valence-electron chi connectivity index (χ1n) is 16.5. The van der Waals surface area contributed by atoms with Crippen molar-refractivity contribution in [2.24, 2.45) is 0 Å². The van der Waals surface area contributed by atoms with Gasteiger partial charge in [-0.3, -0.25) is 19.7 Å². The molecule has 1 aliphatic carbocycles. The van der Waals surface area contributed by atoms with Gasteiger partial charge < -0.3 is 25.5 Å². The van der Waals surface area contributed by atoms with Crippen LogP contribution in [0.1, 0.15) is 41.7 Å². The standard InChI is InChI=1S/C36H39N7O6S/c1-48-36(47)42-35-40-28-18-16-26(20-30(28)41-35)50-43(49-25-12-6-7-13-25)22-32(44)31(19-23-9-3-2-4-10-23)39-33(45)21-37-34(46)29-17-15-24-11-5-8-14-27(24)38-29/h2-5,8-11,14-18,20,25,31-32,44H,6-7,12-13,19,21-22H2,1H3,(H,37,46)(H,39,45)(H2,40,41,42,47)/t31?,32-/m1/s1. The van der Waals surface area contributed by atoms with Crippen molar-refractivity contribution in [1.29, 1.82) is 0 Å². The van der Waals surface area contributed by atoms with E-state index in [9.17, 15) is 19.5 Å². The molecule has 0 saturated heterocycles. The number of aromatic amines is 1. The number of imidazole rings is 1. The van der Waals surface area contributed by atoms with Gasteiger partial charge in [-0.05, 0) is 67.1 Å². The van der Waals surface area contributed by atoms with E-state index in [0.717, 1.165) is 41.5 Å². The molecule has 5 N–H and O–H groups in total. The Bertz CT molecular complexity index is 1930. The number of benzene rings is 3. The Morgan fingerprint density at radius 3 is 2.56 bits per heavy atom. The maximum Gasteiger partial charge on any atom is 0.413 e. The van der Waals surface area contributed by atoms with E-state index in [0.29, 0.717) is 23.0 Å². The summed E-state index contributed by atoms with van der Waals surface area (Å²) in [5.74, 6) is -0.662. The Labute approximate surface area is 293 Å². The number of amides is 3. The third-order valence-electron chi connectivity index (χ3n) is 8.32. The predicted molar refractivity (Wildman–Crippen MR) is 190 cm³/mol. The number of ether oxygens (including phenoxy) is 1. The minimum Gasteiger partial charge on any atom is -0.453 e. The van der Waals surface area contributed by atoms with Crippen LogP contribution in [0.4, 0.5) is 10.7 Å². The van der Waals surface area contributed by atoms with Crippen LogP contribution in [0.25, 0.3) is 21.9 Å². The van der Waals surface area contributed by atoms with E-state index in [1.54, 1.807) is 10.5 Å². The first kappa shape index (κ1) is 34.8. The Morgan fingerprint density at radius 1 is 0.980 bits per heavy atom. The molecule has 0 spiro atoms. The number of carbonyl (C=O) groups is 3. The summed E-state index contributed by atoms with van der Waals surface area (Å²) in [5.41, 5.74) is 3.16. The minimum atomic E-state index is -1.04. The van der Waals surface area contributed by atoms with Gasteiger partial charge in [0.15, 0.2) is 0 Å². The molecular formula is C36H39N7O6S. The molecule has 2 atom stereocenters. The third kappa shape index (κ3) is 9.36. The lowest BCUT2D eigenvalue weighted by molar-refractivity contribution is -0.139. The van der Waals surface area contributed by atoms with Crippen LogP contribution in [0.5, 0.6) is 0 Å². The van der Waals surface area contributed by atoms with Crippen molar-refractivity contribution < 1.29 is 29.1 Å². The number of rotatable bonds is 14. The summed E-state index contributed by atoms with van der Waals surface area (Å²) < 4.78 is 6.32. The molecule has 1 saturated carbocycles. The number of aliphatic hydroxyl groups is 1. The highest BCUT2D eigenvalue weighted by molar-refractivity contribution is 7.97. The summed E-state index contributed by atoms with van der Waals surface area (Å²) in [7, 11) is 1.28. The summed E-state index contributed by atoms with van der Waals surface area (Å²) >= 11 is 1.32. The van der Waals surface area contributed by atoms with E-state index in [-0.39, 0.29) is 30.8 Å². The molecule has 260 valence electrons. The highest BCUT2D eigenvalue weighted by Gasteiger charge is 2.28. The molecule has 13 nitrogen and oxygen atoms in total. The van der Waals surface area contributed by atoms with Gasteiger partial charge >= 0.3 is 6.09 Å². The first-order valence-corrected chi connectivity index (χ1v) is 17.2. The molecule has 0 radical (unpaired) electrons. The zero-order valence-corrected chi connectivity index (χ0v) is 28.3. The highest BCUT2D eigenvalue weighted by Crippen LogP contribution is 2.31. The van der Waals surface area contributed by atoms with Gasteiger partial charge in [0.1, 0.15) is 5.69 Å². The number of methoxy groups -OCH3 is 1. The number of H-pyrrole nitrogens is 1.